The minimum Gasteiger partial charge on any atom is -0.464 e. The Balaban J connectivity index is 1.69. The van der Waals surface area contributed by atoms with Gasteiger partial charge in [-0.25, -0.2) is 0 Å². The van der Waals surface area contributed by atoms with Crippen LogP contribution < -0.4 is 5.32 Å². The summed E-state index contributed by atoms with van der Waals surface area (Å²) < 4.78 is 5.82. The minimum atomic E-state index is -0.361. The second-order valence-corrected chi connectivity index (χ2v) is 5.68. The van der Waals surface area contributed by atoms with Gasteiger partial charge in [0.15, 0.2) is 0 Å². The van der Waals surface area contributed by atoms with Gasteiger partial charge in [-0.3, -0.25) is 10.1 Å². The Hall–Kier alpha value is -2.30. The molecule has 1 saturated carbocycles. The number of anilines is 1. The summed E-state index contributed by atoms with van der Waals surface area (Å²) >= 11 is 0. The zero-order valence-electron chi connectivity index (χ0n) is 12.1. The summed E-state index contributed by atoms with van der Waals surface area (Å²) in [6, 6.07) is 9.05. The molecule has 2 aromatic rings. The van der Waals surface area contributed by atoms with E-state index >= 15 is 0 Å². The lowest BCUT2D eigenvalue weighted by atomic mass is 10.1. The van der Waals surface area contributed by atoms with Crippen LogP contribution >= 0.6 is 0 Å². The van der Waals surface area contributed by atoms with Crippen LogP contribution in [0.25, 0.3) is 0 Å². The van der Waals surface area contributed by atoms with E-state index in [1.165, 1.54) is 12.5 Å². The molecule has 1 aromatic heterocycles. The van der Waals surface area contributed by atoms with Crippen LogP contribution in [0.5, 0.6) is 0 Å². The molecule has 0 radical (unpaired) electrons. The first-order valence-electron chi connectivity index (χ1n) is 7.12. The highest BCUT2D eigenvalue weighted by Gasteiger charge is 2.36. The molecule has 21 heavy (non-hydrogen) atoms. The lowest BCUT2D eigenvalue weighted by Gasteiger charge is -2.08. The number of benzene rings is 1. The first-order chi connectivity index (χ1) is 10.1. The van der Waals surface area contributed by atoms with Crippen LogP contribution in [0.4, 0.5) is 11.4 Å². The molecule has 3 rings (SSSR count). The summed E-state index contributed by atoms with van der Waals surface area (Å²) in [5.74, 6) is 3.19. The van der Waals surface area contributed by atoms with Crippen LogP contribution in [0.3, 0.4) is 0 Å². The fraction of sp³-hybridized carbons (Fsp3) is 0.375. The molecule has 0 bridgehead atoms. The van der Waals surface area contributed by atoms with Gasteiger partial charge in [0.1, 0.15) is 11.5 Å². The lowest BCUT2D eigenvalue weighted by Crippen LogP contribution is -2.02. The summed E-state index contributed by atoms with van der Waals surface area (Å²) in [4.78, 5) is 10.6. The molecule has 1 aromatic carbocycles. The van der Waals surface area contributed by atoms with Crippen LogP contribution in [-0.4, -0.2) is 4.92 Å². The Morgan fingerprint density at radius 1 is 1.38 bits per heavy atom. The van der Waals surface area contributed by atoms with Crippen molar-refractivity contribution in [3.05, 3.63) is 57.5 Å². The summed E-state index contributed by atoms with van der Waals surface area (Å²) in [6.45, 7) is 4.50. The number of hydrogen-bond donors (Lipinski definition) is 1. The standard InChI is InChI=1S/C16H18N2O3/c1-10-8-13(10)16-7-6-12(21-16)9-17-14-4-3-5-15(11(14)2)18(19)20/h3-7,10,13,17H,8-9H2,1-2H3. The van der Waals surface area contributed by atoms with E-state index in [0.29, 0.717) is 18.0 Å². The van der Waals surface area contributed by atoms with Gasteiger partial charge in [0.25, 0.3) is 5.69 Å². The molecule has 0 saturated heterocycles. The van der Waals surface area contributed by atoms with E-state index in [4.69, 9.17) is 4.42 Å². The highest BCUT2D eigenvalue weighted by Crippen LogP contribution is 2.47. The van der Waals surface area contributed by atoms with E-state index in [9.17, 15) is 10.1 Å². The van der Waals surface area contributed by atoms with Gasteiger partial charge in [0.2, 0.25) is 0 Å². The van der Waals surface area contributed by atoms with Crippen molar-refractivity contribution >= 4 is 11.4 Å². The van der Waals surface area contributed by atoms with Crippen molar-refractivity contribution in [2.45, 2.75) is 32.7 Å². The van der Waals surface area contributed by atoms with Crippen molar-refractivity contribution in [2.24, 2.45) is 5.92 Å². The van der Waals surface area contributed by atoms with Crippen molar-refractivity contribution in [2.75, 3.05) is 5.32 Å². The van der Waals surface area contributed by atoms with E-state index in [2.05, 4.69) is 12.2 Å². The lowest BCUT2D eigenvalue weighted by molar-refractivity contribution is -0.385. The second kappa shape index (κ2) is 5.24. The monoisotopic (exact) mass is 286 g/mol. The highest BCUT2D eigenvalue weighted by atomic mass is 16.6. The number of hydrogen-bond acceptors (Lipinski definition) is 4. The molecular formula is C16H18N2O3. The predicted molar refractivity (Wildman–Crippen MR) is 80.4 cm³/mol. The molecule has 1 aliphatic rings. The van der Waals surface area contributed by atoms with Gasteiger partial charge in [0, 0.05) is 23.2 Å². The fourth-order valence-electron chi connectivity index (χ4n) is 2.60. The highest BCUT2D eigenvalue weighted by molar-refractivity contribution is 5.59. The van der Waals surface area contributed by atoms with E-state index < -0.39 is 0 Å². The number of nitrogens with one attached hydrogen (secondary N) is 1. The number of nitro groups is 1. The predicted octanol–water partition coefficient (Wildman–Crippen LogP) is 4.23. The Labute approximate surface area is 123 Å². The number of rotatable bonds is 5. The van der Waals surface area contributed by atoms with Crippen LogP contribution in [0.1, 0.15) is 36.3 Å². The molecule has 0 spiro atoms. The Morgan fingerprint density at radius 3 is 2.81 bits per heavy atom. The summed E-state index contributed by atoms with van der Waals surface area (Å²) in [5.41, 5.74) is 1.54. The van der Waals surface area contributed by atoms with E-state index in [1.54, 1.807) is 13.0 Å². The van der Waals surface area contributed by atoms with Gasteiger partial charge in [-0.1, -0.05) is 13.0 Å². The summed E-state index contributed by atoms with van der Waals surface area (Å²) in [5, 5.41) is 14.1. The topological polar surface area (TPSA) is 68.3 Å². The average Bonchev–Trinajstić information content (AvgIpc) is 3.00. The molecule has 2 unspecified atom stereocenters. The van der Waals surface area contributed by atoms with Crippen LogP contribution in [0.15, 0.2) is 34.7 Å². The SMILES string of the molecule is Cc1c(NCc2ccc(C3CC3C)o2)cccc1[N+](=O)[O-]. The van der Waals surface area contributed by atoms with E-state index in [1.807, 2.05) is 18.2 Å². The second-order valence-electron chi connectivity index (χ2n) is 5.68. The maximum absolute atomic E-state index is 10.9. The molecule has 5 heteroatoms. The molecule has 1 fully saturated rings. The fourth-order valence-corrected chi connectivity index (χ4v) is 2.60. The van der Waals surface area contributed by atoms with Crippen molar-refractivity contribution in [1.29, 1.82) is 0 Å². The van der Waals surface area contributed by atoms with Gasteiger partial charge < -0.3 is 9.73 Å². The van der Waals surface area contributed by atoms with Crippen molar-refractivity contribution in [1.82, 2.24) is 0 Å². The molecule has 5 nitrogen and oxygen atoms in total. The van der Waals surface area contributed by atoms with Crippen molar-refractivity contribution in [3.63, 3.8) is 0 Å². The van der Waals surface area contributed by atoms with Crippen molar-refractivity contribution in [3.8, 4) is 0 Å². The quantitative estimate of drug-likeness (QED) is 0.659. The largest absolute Gasteiger partial charge is 0.464 e. The van der Waals surface area contributed by atoms with Crippen LogP contribution in [-0.2, 0) is 6.54 Å². The van der Waals surface area contributed by atoms with Gasteiger partial charge in [-0.15, -0.1) is 0 Å². The molecule has 1 N–H and O–H groups in total. The third kappa shape index (κ3) is 2.77. The Morgan fingerprint density at radius 2 is 2.14 bits per heavy atom. The van der Waals surface area contributed by atoms with E-state index in [-0.39, 0.29) is 10.6 Å². The Bertz CT molecular complexity index is 678. The third-order valence-electron chi connectivity index (χ3n) is 4.11. The smallest absolute Gasteiger partial charge is 0.274 e. The van der Waals surface area contributed by atoms with Crippen LogP contribution in [0, 0.1) is 23.0 Å². The Kier molecular flexibility index (Phi) is 3.41. The zero-order chi connectivity index (χ0) is 15.0. The van der Waals surface area contributed by atoms with Gasteiger partial charge in [-0.05, 0) is 37.5 Å². The number of furan rings is 1. The molecular weight excluding hydrogens is 268 g/mol. The van der Waals surface area contributed by atoms with Crippen molar-refractivity contribution < 1.29 is 9.34 Å². The molecule has 1 aliphatic carbocycles. The normalized spacial score (nSPS) is 20.3. The number of nitro benzene ring substituents is 1. The summed E-state index contributed by atoms with van der Waals surface area (Å²) in [7, 11) is 0. The third-order valence-corrected chi connectivity index (χ3v) is 4.11. The molecule has 0 amide bonds. The average molecular weight is 286 g/mol. The van der Waals surface area contributed by atoms with Crippen LogP contribution in [0.2, 0.25) is 0 Å². The zero-order valence-corrected chi connectivity index (χ0v) is 12.1. The summed E-state index contributed by atoms with van der Waals surface area (Å²) in [6.07, 6.45) is 1.20. The molecule has 110 valence electrons. The number of nitrogens with zero attached hydrogens (tertiary/aromatic N) is 1. The maximum Gasteiger partial charge on any atom is 0.274 e. The van der Waals surface area contributed by atoms with E-state index in [0.717, 1.165) is 23.1 Å². The van der Waals surface area contributed by atoms with Gasteiger partial charge in [-0.2, -0.15) is 0 Å². The minimum absolute atomic E-state index is 0.131. The van der Waals surface area contributed by atoms with Gasteiger partial charge >= 0.3 is 0 Å². The maximum atomic E-state index is 10.9. The molecule has 2 atom stereocenters. The first kappa shape index (κ1) is 13.7. The molecule has 0 aliphatic heterocycles. The molecule has 1 heterocycles. The van der Waals surface area contributed by atoms with Gasteiger partial charge in [0.05, 0.1) is 11.5 Å². The first-order valence-corrected chi connectivity index (χ1v) is 7.12.